The van der Waals surface area contributed by atoms with E-state index in [1.807, 2.05) is 27.8 Å². The zero-order chi connectivity index (χ0) is 12.5. The fourth-order valence-corrected chi connectivity index (χ4v) is 2.19. The summed E-state index contributed by atoms with van der Waals surface area (Å²) in [5.41, 5.74) is 1.69. The van der Waals surface area contributed by atoms with Gasteiger partial charge in [0.1, 0.15) is 5.78 Å². The molecule has 0 aliphatic heterocycles. The van der Waals surface area contributed by atoms with Gasteiger partial charge in [0.05, 0.1) is 22.3 Å². The van der Waals surface area contributed by atoms with Crippen molar-refractivity contribution < 1.29 is 4.79 Å². The largest absolute Gasteiger partial charge is 0.299 e. The van der Waals surface area contributed by atoms with E-state index in [0.717, 1.165) is 22.3 Å². The standard InChI is InChI=1S/C12H19BrN2O/c1-6-8-11(13)9(15(5)14-8)7-10(16)12(2,3)4/h6-7H2,1-5H3. The van der Waals surface area contributed by atoms with E-state index in [0.29, 0.717) is 6.42 Å². The van der Waals surface area contributed by atoms with Crippen LogP contribution in [0.5, 0.6) is 0 Å². The van der Waals surface area contributed by atoms with E-state index in [2.05, 4.69) is 28.0 Å². The molecule has 1 aromatic heterocycles. The summed E-state index contributed by atoms with van der Waals surface area (Å²) in [6.45, 7) is 7.89. The van der Waals surface area contributed by atoms with Crippen molar-refractivity contribution >= 4 is 21.7 Å². The van der Waals surface area contributed by atoms with Crippen molar-refractivity contribution in [1.29, 1.82) is 0 Å². The number of hydrogen-bond acceptors (Lipinski definition) is 2. The lowest BCUT2D eigenvalue weighted by Crippen LogP contribution is -2.23. The van der Waals surface area contributed by atoms with Crippen molar-refractivity contribution in [3.63, 3.8) is 0 Å². The van der Waals surface area contributed by atoms with Gasteiger partial charge in [-0.05, 0) is 22.4 Å². The second kappa shape index (κ2) is 4.70. The first kappa shape index (κ1) is 13.4. The molecule has 0 aliphatic rings. The number of aryl methyl sites for hydroxylation is 2. The van der Waals surface area contributed by atoms with Crippen molar-refractivity contribution in [1.82, 2.24) is 9.78 Å². The summed E-state index contributed by atoms with van der Waals surface area (Å²) < 4.78 is 2.78. The summed E-state index contributed by atoms with van der Waals surface area (Å²) in [5, 5.41) is 4.38. The van der Waals surface area contributed by atoms with Gasteiger partial charge in [-0.1, -0.05) is 27.7 Å². The summed E-state index contributed by atoms with van der Waals surface area (Å²) in [7, 11) is 1.88. The van der Waals surface area contributed by atoms with Crippen molar-refractivity contribution in [3.8, 4) is 0 Å². The Morgan fingerprint density at radius 3 is 2.38 bits per heavy atom. The van der Waals surface area contributed by atoms with Gasteiger partial charge < -0.3 is 0 Å². The Morgan fingerprint density at radius 1 is 1.44 bits per heavy atom. The van der Waals surface area contributed by atoms with Crippen LogP contribution >= 0.6 is 15.9 Å². The van der Waals surface area contributed by atoms with Crippen molar-refractivity contribution in [2.45, 2.75) is 40.5 Å². The highest BCUT2D eigenvalue weighted by Crippen LogP contribution is 2.25. The first-order valence-corrected chi connectivity index (χ1v) is 6.30. The molecule has 0 saturated carbocycles. The Labute approximate surface area is 105 Å². The van der Waals surface area contributed by atoms with Gasteiger partial charge in [0.25, 0.3) is 0 Å². The number of carbonyl (C=O) groups excluding carboxylic acids is 1. The van der Waals surface area contributed by atoms with Crippen molar-refractivity contribution in [2.75, 3.05) is 0 Å². The van der Waals surface area contributed by atoms with Crippen LogP contribution in [0.4, 0.5) is 0 Å². The second-order valence-electron chi connectivity index (χ2n) is 5.03. The van der Waals surface area contributed by atoms with Crippen LogP contribution < -0.4 is 0 Å². The molecule has 4 heteroatoms. The summed E-state index contributed by atoms with van der Waals surface area (Å²) in [4.78, 5) is 12.0. The number of nitrogens with zero attached hydrogens (tertiary/aromatic N) is 2. The molecule has 1 aromatic rings. The number of ketones is 1. The molecule has 1 rings (SSSR count). The molecule has 1 heterocycles. The van der Waals surface area contributed by atoms with Gasteiger partial charge in [0.2, 0.25) is 0 Å². The second-order valence-corrected chi connectivity index (χ2v) is 5.83. The molecule has 0 aromatic carbocycles. The van der Waals surface area contributed by atoms with Gasteiger partial charge in [0, 0.05) is 12.5 Å². The Balaban J connectivity index is 2.98. The maximum atomic E-state index is 12.0. The van der Waals surface area contributed by atoms with Crippen LogP contribution in [0.1, 0.15) is 39.1 Å². The smallest absolute Gasteiger partial charge is 0.144 e. The van der Waals surface area contributed by atoms with Gasteiger partial charge >= 0.3 is 0 Å². The van der Waals surface area contributed by atoms with Gasteiger partial charge in [-0.2, -0.15) is 5.10 Å². The minimum Gasteiger partial charge on any atom is -0.299 e. The van der Waals surface area contributed by atoms with Crippen LogP contribution in [0.2, 0.25) is 0 Å². The number of rotatable bonds is 3. The number of carbonyl (C=O) groups is 1. The SMILES string of the molecule is CCc1nn(C)c(CC(=O)C(C)(C)C)c1Br. The fourth-order valence-electron chi connectivity index (χ4n) is 1.43. The monoisotopic (exact) mass is 286 g/mol. The van der Waals surface area contributed by atoms with Gasteiger partial charge in [-0.3, -0.25) is 9.48 Å². The molecule has 0 bridgehead atoms. The number of aromatic nitrogens is 2. The minimum absolute atomic E-state index is 0.235. The summed E-state index contributed by atoms with van der Waals surface area (Å²) in [6, 6.07) is 0. The van der Waals surface area contributed by atoms with E-state index in [1.165, 1.54) is 0 Å². The molecule has 0 spiro atoms. The molecular weight excluding hydrogens is 268 g/mol. The van der Waals surface area contributed by atoms with Gasteiger partial charge in [-0.25, -0.2) is 0 Å². The number of hydrogen-bond donors (Lipinski definition) is 0. The molecule has 0 N–H and O–H groups in total. The molecule has 90 valence electrons. The predicted molar refractivity (Wildman–Crippen MR) is 68.5 cm³/mol. The Bertz CT molecular complexity index is 402. The van der Waals surface area contributed by atoms with E-state index >= 15 is 0 Å². The Kier molecular flexibility index (Phi) is 3.94. The van der Waals surface area contributed by atoms with Crippen LogP contribution in [-0.4, -0.2) is 15.6 Å². The first-order chi connectivity index (χ1) is 7.27. The van der Waals surface area contributed by atoms with Crippen molar-refractivity contribution in [3.05, 3.63) is 15.9 Å². The third kappa shape index (κ3) is 2.73. The highest BCUT2D eigenvalue weighted by molar-refractivity contribution is 9.10. The van der Waals surface area contributed by atoms with E-state index in [4.69, 9.17) is 0 Å². The minimum atomic E-state index is -0.296. The van der Waals surface area contributed by atoms with Crippen LogP contribution in [0.25, 0.3) is 0 Å². The molecule has 3 nitrogen and oxygen atoms in total. The third-order valence-corrected chi connectivity index (χ3v) is 3.58. The maximum absolute atomic E-state index is 12.0. The van der Waals surface area contributed by atoms with E-state index in [9.17, 15) is 4.79 Å². The zero-order valence-electron chi connectivity index (χ0n) is 10.6. The highest BCUT2D eigenvalue weighted by Gasteiger charge is 2.24. The van der Waals surface area contributed by atoms with Crippen molar-refractivity contribution in [2.24, 2.45) is 12.5 Å². The molecule has 0 aliphatic carbocycles. The topological polar surface area (TPSA) is 34.9 Å². The molecule has 0 atom stereocenters. The zero-order valence-corrected chi connectivity index (χ0v) is 12.2. The summed E-state index contributed by atoms with van der Waals surface area (Å²) in [6.07, 6.45) is 1.31. The average Bonchev–Trinajstić information content (AvgIpc) is 2.43. The first-order valence-electron chi connectivity index (χ1n) is 5.51. The van der Waals surface area contributed by atoms with Crippen LogP contribution in [0.15, 0.2) is 4.47 Å². The number of Topliss-reactive ketones (excluding diaryl/α,β-unsaturated/α-hetero) is 1. The van der Waals surface area contributed by atoms with E-state index in [1.54, 1.807) is 4.68 Å². The van der Waals surface area contributed by atoms with Crippen LogP contribution in [0.3, 0.4) is 0 Å². The van der Waals surface area contributed by atoms with E-state index < -0.39 is 0 Å². The molecule has 0 radical (unpaired) electrons. The lowest BCUT2D eigenvalue weighted by Gasteiger charge is -2.16. The lowest BCUT2D eigenvalue weighted by atomic mass is 9.88. The normalized spacial score (nSPS) is 11.9. The molecule has 16 heavy (non-hydrogen) atoms. The molecular formula is C12H19BrN2O. The number of halogens is 1. The van der Waals surface area contributed by atoms with Gasteiger partial charge in [0.15, 0.2) is 0 Å². The molecule has 0 unspecified atom stereocenters. The van der Waals surface area contributed by atoms with E-state index in [-0.39, 0.29) is 11.2 Å². The molecule has 0 amide bonds. The molecule has 0 saturated heterocycles. The van der Waals surface area contributed by atoms with Gasteiger partial charge in [-0.15, -0.1) is 0 Å². The fraction of sp³-hybridized carbons (Fsp3) is 0.667. The third-order valence-electron chi connectivity index (χ3n) is 2.67. The quantitative estimate of drug-likeness (QED) is 0.856. The Hall–Kier alpha value is -0.640. The summed E-state index contributed by atoms with van der Waals surface area (Å²) in [5.74, 6) is 0.235. The lowest BCUT2D eigenvalue weighted by molar-refractivity contribution is -0.125. The van der Waals surface area contributed by atoms with Crippen LogP contribution in [-0.2, 0) is 24.7 Å². The Morgan fingerprint density at radius 2 is 2.00 bits per heavy atom. The maximum Gasteiger partial charge on any atom is 0.144 e. The van der Waals surface area contributed by atoms with Crippen LogP contribution in [0, 0.1) is 5.41 Å². The summed E-state index contributed by atoms with van der Waals surface area (Å²) >= 11 is 3.52. The predicted octanol–water partition coefficient (Wildman–Crippen LogP) is 2.90. The molecule has 0 fully saturated rings. The highest BCUT2D eigenvalue weighted by atomic mass is 79.9. The average molecular weight is 287 g/mol.